The third-order valence-corrected chi connectivity index (χ3v) is 10.1. The van der Waals surface area contributed by atoms with E-state index in [4.69, 9.17) is 0 Å². The molecule has 30 heteroatoms. The Kier molecular flexibility index (Phi) is 37.5. The minimum absolute atomic E-state index is 0. The predicted molar refractivity (Wildman–Crippen MR) is 216 cm³/mol. The average molecular weight is 1060 g/mol. The van der Waals surface area contributed by atoms with Gasteiger partial charge in [-0.05, 0) is 41.8 Å². The quantitative estimate of drug-likeness (QED) is 0.0350. The summed E-state index contributed by atoms with van der Waals surface area (Å²) in [4.78, 5) is 49.6. The summed E-state index contributed by atoms with van der Waals surface area (Å²) < 4.78 is 71.2. The van der Waals surface area contributed by atoms with E-state index in [1.807, 2.05) is 0 Å². The molecule has 0 fully saturated rings. The minimum atomic E-state index is -5.02. The molecule has 20 nitrogen and oxygen atoms in total. The number of nitrogens with zero attached hydrogens (tertiary/aromatic N) is 8. The number of aliphatic carboxylic acids is 2. The van der Waals surface area contributed by atoms with Crippen LogP contribution in [0.2, 0.25) is 0 Å². The zero-order valence-electron chi connectivity index (χ0n) is 40.0. The summed E-state index contributed by atoms with van der Waals surface area (Å²) in [6.45, 7) is -1.67. The average Bonchev–Trinajstić information content (AvgIpc) is 3.20. The molecule has 0 spiro atoms. The van der Waals surface area contributed by atoms with E-state index in [9.17, 15) is 45.7 Å². The van der Waals surface area contributed by atoms with Crippen molar-refractivity contribution in [3.8, 4) is 0 Å². The number of aromatic nitrogens is 6. The van der Waals surface area contributed by atoms with Crippen molar-refractivity contribution in [2.24, 2.45) is 0 Å². The monoisotopic (exact) mass is 1060 g/mol. The Labute approximate surface area is 582 Å². The van der Waals surface area contributed by atoms with E-state index in [2.05, 4.69) is 66.8 Å². The maximum absolute atomic E-state index is 12.4. The Morgan fingerprint density at radius 3 is 1.63 bits per heavy atom. The second-order valence-corrected chi connectivity index (χ2v) is 15.8. The van der Waals surface area contributed by atoms with Gasteiger partial charge in [-0.3, -0.25) is 14.1 Å². The normalized spacial score (nSPS) is 10.3. The fourth-order valence-electron chi connectivity index (χ4n) is 5.57. The number of benzene rings is 4. The van der Waals surface area contributed by atoms with Crippen LogP contribution < -0.4 is 267 Å². The van der Waals surface area contributed by atoms with E-state index in [-0.39, 0.29) is 296 Å². The van der Waals surface area contributed by atoms with Crippen molar-refractivity contribution in [1.82, 2.24) is 29.9 Å². The van der Waals surface area contributed by atoms with Crippen LogP contribution in [0.25, 0.3) is 12.2 Å². The molecule has 0 aliphatic rings. The molecule has 4 aromatic carbocycles. The number of carbonyl (C=O) groups is 2. The molecule has 6 rings (SSSR count). The summed E-state index contributed by atoms with van der Waals surface area (Å²) in [5.74, 6) is -3.11. The zero-order valence-corrected chi connectivity index (χ0v) is 57.6. The summed E-state index contributed by atoms with van der Waals surface area (Å²) in [6.07, 6.45) is 3.08. The van der Waals surface area contributed by atoms with Crippen LogP contribution in [0.4, 0.5) is 35.2 Å². The molecule has 0 saturated carbocycles. The van der Waals surface area contributed by atoms with Gasteiger partial charge in [-0.2, -0.15) is 48.7 Å². The van der Waals surface area contributed by atoms with E-state index < -0.39 is 55.1 Å². The van der Waals surface area contributed by atoms with E-state index >= 15 is 0 Å². The Hall–Kier alpha value is 0.600. The van der Waals surface area contributed by atoms with Crippen LogP contribution in [-0.4, -0.2) is 80.9 Å². The number of carboxylic acids is 2. The van der Waals surface area contributed by atoms with Crippen LogP contribution in [0.3, 0.4) is 0 Å². The summed E-state index contributed by atoms with van der Waals surface area (Å²) in [5.41, 5.74) is 2.42. The minimum Gasteiger partial charge on any atom is -0.744 e. The molecule has 2 N–H and O–H groups in total. The van der Waals surface area contributed by atoms with Gasteiger partial charge in [-0.1, -0.05) is 30.0 Å². The van der Waals surface area contributed by atoms with Gasteiger partial charge in [0.1, 0.15) is 31.9 Å². The molecule has 0 bridgehead atoms. The van der Waals surface area contributed by atoms with Crippen molar-refractivity contribution in [3.63, 3.8) is 0 Å². The van der Waals surface area contributed by atoms with Crippen LogP contribution in [0.1, 0.15) is 33.9 Å². The Balaban J connectivity index is -0.00000561. The van der Waals surface area contributed by atoms with Crippen LogP contribution >= 0.6 is 0 Å². The van der Waals surface area contributed by atoms with Gasteiger partial charge in [0.2, 0.25) is 17.8 Å². The number of hydrogen-bond donors (Lipinski definition) is 2. The van der Waals surface area contributed by atoms with Crippen LogP contribution in [0.5, 0.6) is 0 Å². The molecule has 2 heterocycles. The fourth-order valence-corrected chi connectivity index (χ4v) is 6.74. The fraction of sp³-hybridized carbons (Fsp3) is 0.100. The number of hydrogen-bond acceptors (Lipinski definition) is 20. The Morgan fingerprint density at radius 2 is 1.13 bits per heavy atom. The van der Waals surface area contributed by atoms with Crippen molar-refractivity contribution < 1.29 is 282 Å². The second kappa shape index (κ2) is 35.1. The van der Waals surface area contributed by atoms with Crippen LogP contribution in [0, 0.1) is 26.2 Å². The summed E-state index contributed by atoms with van der Waals surface area (Å²) in [7, 11) is -2.33. The second-order valence-electron chi connectivity index (χ2n) is 13.1. The topological polar surface area (TPSA) is 303 Å². The van der Waals surface area contributed by atoms with Crippen LogP contribution in [-0.2, 0) is 42.7 Å². The maximum Gasteiger partial charge on any atom is 1.00 e. The van der Waals surface area contributed by atoms with E-state index in [1.54, 1.807) is 42.5 Å². The number of carbonyl (C=O) groups excluding carboxylic acids is 2. The first-order valence-corrected chi connectivity index (χ1v) is 20.6. The molecule has 0 radical (unpaired) electrons. The number of rotatable bonds is 18. The standard InChI is InChI=1S/C40H34N10O10S2.8Na/c1-49(2)39-45-33(21-27-13-18-31(19-14-27)61(55,56)57)43-38(47-39)42-30-17-16-28(32(22-30)62(58,59)60)15-12-25-8-10-26(11-9-25)20-34-44-37(41-29-6-4-3-5-7-29)48-40(46-34)50(23-35(51)52)24-36(53)54;;;;;;;;/h4-8,10-19,22H,1-2,20-21,23-24H2,(H,51,52)(H,53,54)(H,55,56,57)(H,58,59,60)(H,41,44,46,48)(H,42,43,45,47);;;;;;;;/q-4;8*+1/p-4/b15-12+;;;;;;;;. The molecule has 320 valence electrons. The van der Waals surface area contributed by atoms with Crippen molar-refractivity contribution in [2.75, 3.05) is 33.5 Å². The van der Waals surface area contributed by atoms with Gasteiger partial charge in [-0.25, -0.2) is 21.8 Å². The first-order valence-electron chi connectivity index (χ1n) is 17.8. The van der Waals surface area contributed by atoms with Crippen molar-refractivity contribution in [1.29, 1.82) is 0 Å². The van der Waals surface area contributed by atoms with Crippen molar-refractivity contribution in [2.45, 2.75) is 22.6 Å². The molecule has 0 aliphatic heterocycles. The molecular weight excluding hydrogens is 1030 g/mol. The largest absolute Gasteiger partial charge is 1.00 e. The summed E-state index contributed by atoms with van der Waals surface area (Å²) in [5, 5.41) is 28.6. The third kappa shape index (κ3) is 23.9. The van der Waals surface area contributed by atoms with Crippen molar-refractivity contribution in [3.05, 3.63) is 145 Å². The van der Waals surface area contributed by atoms with Gasteiger partial charge >= 0.3 is 236 Å². The SMILES string of the molecule is [CH2-]N([CH2-])c1nc(Cc2ccc(S(=O)(=O)[O-])cc2)nc(Nc2ccc(/C=C/c3[c-]cc(Cc4nc(Nc5cc[c-]cc5)nc(N(CC(=O)[O-])CC(=O)[O-])n4)cc3)c(S(=O)(=O)[O-])c2)n1.[Na+].[Na+].[Na+].[Na+].[Na+].[Na+].[Na+].[Na+]. The number of nitrogens with one attached hydrogen (secondary N) is 2. The van der Waals surface area contributed by atoms with Gasteiger partial charge in [0.05, 0.1) is 34.8 Å². The Bertz CT molecular complexity index is 2870. The first-order chi connectivity index (χ1) is 29.4. The first kappa shape index (κ1) is 74.8. The maximum atomic E-state index is 12.4. The molecule has 2 aromatic heterocycles. The van der Waals surface area contributed by atoms with Crippen molar-refractivity contribution >= 4 is 79.5 Å². The van der Waals surface area contributed by atoms with Crippen LogP contribution in [0.15, 0.2) is 94.7 Å². The van der Waals surface area contributed by atoms with Gasteiger partial charge in [0, 0.05) is 12.1 Å². The Morgan fingerprint density at radius 1 is 0.614 bits per heavy atom. The molecule has 70 heavy (non-hydrogen) atoms. The molecule has 0 amide bonds. The smallest absolute Gasteiger partial charge is 0.744 e. The molecule has 0 aliphatic carbocycles. The van der Waals surface area contributed by atoms with E-state index in [1.165, 1.54) is 36.4 Å². The van der Waals surface area contributed by atoms with E-state index in [0.29, 0.717) is 22.4 Å². The summed E-state index contributed by atoms with van der Waals surface area (Å²) in [6, 6.07) is 26.6. The molecule has 0 unspecified atom stereocenters. The van der Waals surface area contributed by atoms with Gasteiger partial charge < -0.3 is 49.3 Å². The molecule has 0 atom stereocenters. The predicted octanol–water partition coefficient (Wildman–Crippen LogP) is -23.0. The zero-order chi connectivity index (χ0) is 44.6. The van der Waals surface area contributed by atoms with Gasteiger partial charge in [0.15, 0.2) is 5.95 Å². The molecule has 6 aromatic rings. The summed E-state index contributed by atoms with van der Waals surface area (Å²) >= 11 is 0. The molecular formula is C40H30N10Na8O10S2. The molecule has 0 saturated heterocycles. The van der Waals surface area contributed by atoms with E-state index in [0.717, 1.165) is 28.0 Å². The third-order valence-electron chi connectivity index (χ3n) is 8.34. The number of anilines is 6. The van der Waals surface area contributed by atoms with Gasteiger partial charge in [-0.15, -0.1) is 48.0 Å². The van der Waals surface area contributed by atoms with Gasteiger partial charge in [0.25, 0.3) is 0 Å². The number of carboxylic acid groups (broad SMARTS) is 2.